The molecule has 2 aliphatic carbocycles. The molecule has 0 unspecified atom stereocenters. The highest BCUT2D eigenvalue weighted by atomic mass is 19.4. The normalized spacial score (nSPS) is 29.2. The van der Waals surface area contributed by atoms with Crippen molar-refractivity contribution >= 4 is 11.9 Å². The Kier molecular flexibility index (Phi) is 6.69. The molecule has 8 nitrogen and oxygen atoms in total. The molecule has 1 amide bonds. The van der Waals surface area contributed by atoms with Crippen molar-refractivity contribution in [3.8, 4) is 23.0 Å². The van der Waals surface area contributed by atoms with Crippen LogP contribution >= 0.6 is 0 Å². The number of aryl methyl sites for hydroxylation is 1. The average molecular weight is 598 g/mol. The molecule has 13 heteroatoms. The zero-order valence-electron chi connectivity index (χ0n) is 22.4. The number of nitrogens with one attached hydrogen (secondary N) is 1. The predicted molar refractivity (Wildman–Crippen MR) is 134 cm³/mol. The van der Waals surface area contributed by atoms with Crippen LogP contribution in [0.1, 0.15) is 68.2 Å². The van der Waals surface area contributed by atoms with Crippen molar-refractivity contribution in [3.63, 3.8) is 0 Å². The fraction of sp³-hybridized carbons (Fsp3) is 0.517. The third-order valence-electron chi connectivity index (χ3n) is 8.91. The summed E-state index contributed by atoms with van der Waals surface area (Å²) in [6.45, 7) is 1.71. The molecule has 3 atom stereocenters. The number of hydrogen-bond acceptors (Lipinski definition) is 6. The molecule has 2 aliphatic heterocycles. The Morgan fingerprint density at radius 2 is 1.71 bits per heavy atom. The van der Waals surface area contributed by atoms with E-state index in [1.165, 1.54) is 18.2 Å². The van der Waals surface area contributed by atoms with Gasteiger partial charge < -0.3 is 29.4 Å². The summed E-state index contributed by atoms with van der Waals surface area (Å²) in [7, 11) is 0. The first-order valence-electron chi connectivity index (χ1n) is 13.7. The first-order valence-corrected chi connectivity index (χ1v) is 13.7. The van der Waals surface area contributed by atoms with Crippen LogP contribution in [0.15, 0.2) is 30.3 Å². The maximum absolute atomic E-state index is 13.9. The van der Waals surface area contributed by atoms with Crippen molar-refractivity contribution < 1.29 is 55.6 Å². The molecule has 2 N–H and O–H groups in total. The number of benzene rings is 2. The van der Waals surface area contributed by atoms with Crippen LogP contribution in [0.3, 0.4) is 0 Å². The van der Waals surface area contributed by atoms with Crippen LogP contribution in [-0.2, 0) is 21.4 Å². The molecule has 0 saturated heterocycles. The van der Waals surface area contributed by atoms with Crippen LogP contribution in [0.5, 0.6) is 23.0 Å². The van der Waals surface area contributed by atoms with Gasteiger partial charge in [0.15, 0.2) is 11.5 Å². The van der Waals surface area contributed by atoms with Crippen LogP contribution in [0.25, 0.3) is 0 Å². The molecule has 42 heavy (non-hydrogen) atoms. The highest BCUT2D eigenvalue weighted by molar-refractivity contribution is 5.90. The first-order chi connectivity index (χ1) is 19.7. The van der Waals surface area contributed by atoms with Gasteiger partial charge in [-0.15, -0.1) is 22.0 Å². The largest absolute Gasteiger partial charge is 0.586 e. The van der Waals surface area contributed by atoms with Crippen molar-refractivity contribution in [3.05, 3.63) is 47.0 Å². The molecule has 2 aromatic rings. The number of ether oxygens (including phenoxy) is 4. The van der Waals surface area contributed by atoms with E-state index in [0.717, 1.165) is 12.1 Å². The molecule has 2 heterocycles. The number of carbonyl (C=O) groups is 2. The second-order valence-electron chi connectivity index (χ2n) is 11.6. The molecular weight excluding hydrogens is 569 g/mol. The SMILES string of the molecule is C[C@@]1(C(=O)N[C@@H]2C[C@H]([C@H]3CC[C@H](C(=O)O)CC3)Oc3cc(OC(F)(F)F)ccc32)CCc2cc3c(cc21)OC(F)(F)O3. The Hall–Kier alpha value is -3.77. The molecular formula is C29H28F5NO7. The van der Waals surface area contributed by atoms with Gasteiger partial charge in [-0.2, -0.15) is 0 Å². The van der Waals surface area contributed by atoms with Crippen molar-refractivity contribution in [2.45, 2.75) is 82.1 Å². The second kappa shape index (κ2) is 9.91. The number of amides is 1. The summed E-state index contributed by atoms with van der Waals surface area (Å²) >= 11 is 0. The fourth-order valence-electron chi connectivity index (χ4n) is 6.67. The summed E-state index contributed by atoms with van der Waals surface area (Å²) in [4.78, 5) is 25.3. The molecule has 4 aliphatic rings. The fourth-order valence-corrected chi connectivity index (χ4v) is 6.67. The van der Waals surface area contributed by atoms with Gasteiger partial charge in [0.05, 0.1) is 17.4 Å². The van der Waals surface area contributed by atoms with Crippen molar-refractivity contribution in [2.75, 3.05) is 0 Å². The van der Waals surface area contributed by atoms with E-state index < -0.39 is 47.9 Å². The first kappa shape index (κ1) is 28.4. The highest BCUT2D eigenvalue weighted by Crippen LogP contribution is 2.50. The number of alkyl halides is 5. The number of hydrogen-bond donors (Lipinski definition) is 2. The van der Waals surface area contributed by atoms with Gasteiger partial charge in [-0.25, -0.2) is 0 Å². The van der Waals surface area contributed by atoms with Crippen molar-refractivity contribution in [1.82, 2.24) is 5.32 Å². The van der Waals surface area contributed by atoms with E-state index in [0.29, 0.717) is 61.6 Å². The van der Waals surface area contributed by atoms with E-state index in [4.69, 9.17) is 4.74 Å². The van der Waals surface area contributed by atoms with E-state index in [1.54, 1.807) is 6.92 Å². The van der Waals surface area contributed by atoms with Crippen LogP contribution in [-0.4, -0.2) is 35.7 Å². The molecule has 1 saturated carbocycles. The van der Waals surface area contributed by atoms with Gasteiger partial charge >= 0.3 is 18.6 Å². The minimum Gasteiger partial charge on any atom is -0.490 e. The van der Waals surface area contributed by atoms with Crippen LogP contribution < -0.4 is 24.3 Å². The lowest BCUT2D eigenvalue weighted by Crippen LogP contribution is -2.46. The third kappa shape index (κ3) is 5.29. The number of halogens is 5. The Bertz CT molecular complexity index is 1420. The van der Waals surface area contributed by atoms with Gasteiger partial charge in [-0.3, -0.25) is 9.59 Å². The monoisotopic (exact) mass is 597 g/mol. The number of carboxylic acids is 1. The number of aliphatic carboxylic acids is 1. The Balaban J connectivity index is 1.27. The van der Waals surface area contributed by atoms with Crippen LogP contribution in [0.2, 0.25) is 0 Å². The molecule has 226 valence electrons. The molecule has 0 bridgehead atoms. The lowest BCUT2D eigenvalue weighted by Gasteiger charge is -2.40. The summed E-state index contributed by atoms with van der Waals surface area (Å²) in [5.74, 6) is -2.36. The molecule has 0 aromatic heterocycles. The van der Waals surface area contributed by atoms with E-state index in [1.807, 2.05) is 0 Å². The Morgan fingerprint density at radius 3 is 2.38 bits per heavy atom. The molecule has 0 spiro atoms. The molecule has 6 rings (SSSR count). The van der Waals surface area contributed by atoms with Gasteiger partial charge in [0.25, 0.3) is 0 Å². The number of carbonyl (C=O) groups excluding carboxylic acids is 1. The van der Waals surface area contributed by atoms with Gasteiger partial charge in [0.2, 0.25) is 5.91 Å². The number of fused-ring (bicyclic) bond motifs is 3. The van der Waals surface area contributed by atoms with Crippen LogP contribution in [0.4, 0.5) is 22.0 Å². The van der Waals surface area contributed by atoms with Crippen molar-refractivity contribution in [1.29, 1.82) is 0 Å². The van der Waals surface area contributed by atoms with Crippen molar-refractivity contribution in [2.24, 2.45) is 11.8 Å². The zero-order valence-corrected chi connectivity index (χ0v) is 22.4. The number of carboxylic acid groups (broad SMARTS) is 1. The molecule has 0 radical (unpaired) electrons. The maximum Gasteiger partial charge on any atom is 0.586 e. The quantitative estimate of drug-likeness (QED) is 0.407. The van der Waals surface area contributed by atoms with Gasteiger partial charge in [-0.05, 0) is 86.8 Å². The zero-order chi connectivity index (χ0) is 30.0. The highest BCUT2D eigenvalue weighted by Gasteiger charge is 2.48. The second-order valence-corrected chi connectivity index (χ2v) is 11.6. The summed E-state index contributed by atoms with van der Waals surface area (Å²) < 4.78 is 85.5. The third-order valence-corrected chi connectivity index (χ3v) is 8.91. The van der Waals surface area contributed by atoms with Gasteiger partial charge in [0, 0.05) is 18.1 Å². The van der Waals surface area contributed by atoms with Gasteiger partial charge in [0.1, 0.15) is 17.6 Å². The van der Waals surface area contributed by atoms with Gasteiger partial charge in [-0.1, -0.05) is 0 Å². The standard InChI is InChI=1S/C29H28F5NO7/c1-27(9-8-16-10-23-24(12-19(16)27)42-29(33,34)41-23)26(38)35-20-13-21(14-2-4-15(5-3-14)25(36)37)39-22-11-17(6-7-18(20)22)40-28(30,31)32/h6-7,10-12,14-15,20-21H,2-5,8-9,13H2,1H3,(H,35,38)(H,36,37)/t14-,15-,20-,21-,27-/m1/s1. The summed E-state index contributed by atoms with van der Waals surface area (Å²) in [6.07, 6.45) is -6.03. The number of rotatable bonds is 5. The van der Waals surface area contributed by atoms with E-state index in [-0.39, 0.29) is 29.1 Å². The lowest BCUT2D eigenvalue weighted by molar-refractivity contribution is -0.286. The Labute approximate surface area is 237 Å². The predicted octanol–water partition coefficient (Wildman–Crippen LogP) is 6.01. The summed E-state index contributed by atoms with van der Waals surface area (Å²) in [5, 5.41) is 12.4. The smallest absolute Gasteiger partial charge is 0.490 e. The minimum absolute atomic E-state index is 0.0652. The Morgan fingerprint density at radius 1 is 1.02 bits per heavy atom. The summed E-state index contributed by atoms with van der Waals surface area (Å²) in [5.41, 5.74) is 0.589. The van der Waals surface area contributed by atoms with E-state index in [2.05, 4.69) is 19.5 Å². The van der Waals surface area contributed by atoms with E-state index in [9.17, 15) is 36.6 Å². The molecule has 1 fully saturated rings. The topological polar surface area (TPSA) is 103 Å². The maximum atomic E-state index is 13.9. The lowest BCUT2D eigenvalue weighted by atomic mass is 9.76. The summed E-state index contributed by atoms with van der Waals surface area (Å²) in [6, 6.07) is 5.94. The molecule has 2 aromatic carbocycles. The van der Waals surface area contributed by atoms with Crippen LogP contribution in [0, 0.1) is 11.8 Å². The minimum atomic E-state index is -4.91. The van der Waals surface area contributed by atoms with E-state index >= 15 is 0 Å². The average Bonchev–Trinajstić information content (AvgIpc) is 3.40.